The van der Waals surface area contributed by atoms with Crippen LogP contribution in [0.25, 0.3) is 0 Å². The van der Waals surface area contributed by atoms with Gasteiger partial charge in [-0.15, -0.1) is 6.58 Å². The number of likely N-dealkylation sites (tertiary alicyclic amines) is 1. The average Bonchev–Trinajstić information content (AvgIpc) is 3.14. The van der Waals surface area contributed by atoms with Gasteiger partial charge in [-0.05, 0) is 53.0 Å². The molecule has 2 heterocycles. The summed E-state index contributed by atoms with van der Waals surface area (Å²) >= 11 is 0. The second-order valence-corrected chi connectivity index (χ2v) is 9.40. The van der Waals surface area contributed by atoms with Crippen LogP contribution in [0.1, 0.15) is 46.6 Å². The van der Waals surface area contributed by atoms with Gasteiger partial charge in [-0.3, -0.25) is 10.2 Å². The van der Waals surface area contributed by atoms with Crippen molar-refractivity contribution in [3.8, 4) is 0 Å². The van der Waals surface area contributed by atoms with E-state index in [0.29, 0.717) is 12.6 Å². The molecule has 2 aliphatic heterocycles. The molecule has 2 fully saturated rings. The van der Waals surface area contributed by atoms with Crippen LogP contribution in [0.15, 0.2) is 43.0 Å². The monoisotopic (exact) mass is 372 g/mol. The summed E-state index contributed by atoms with van der Waals surface area (Å²) in [6.07, 6.45) is 4.18. The van der Waals surface area contributed by atoms with Crippen LogP contribution in [0.4, 0.5) is 0 Å². The van der Waals surface area contributed by atoms with Gasteiger partial charge in [0.1, 0.15) is 5.72 Å². The van der Waals surface area contributed by atoms with Crippen molar-refractivity contribution in [1.82, 2.24) is 10.2 Å². The maximum absolute atomic E-state index is 6.57. The number of benzene rings is 1. The van der Waals surface area contributed by atoms with Gasteiger partial charge in [0.2, 0.25) is 0 Å². The molecule has 27 heavy (non-hydrogen) atoms. The molecule has 1 N–H and O–H groups in total. The highest BCUT2D eigenvalue weighted by Crippen LogP contribution is 2.36. The molecule has 0 aromatic heterocycles. The molecule has 0 saturated carbocycles. The molecule has 150 valence electrons. The van der Waals surface area contributed by atoms with E-state index in [1.165, 1.54) is 5.56 Å². The third-order valence-electron chi connectivity index (χ3n) is 5.65. The first kappa shape index (κ1) is 20.5. The van der Waals surface area contributed by atoms with Crippen LogP contribution in [-0.2, 0) is 15.9 Å². The van der Waals surface area contributed by atoms with Crippen LogP contribution in [0, 0.1) is 0 Å². The van der Waals surface area contributed by atoms with E-state index in [1.807, 2.05) is 6.08 Å². The van der Waals surface area contributed by atoms with Crippen molar-refractivity contribution in [2.24, 2.45) is 0 Å². The lowest BCUT2D eigenvalue weighted by Gasteiger charge is -2.40. The Bertz CT molecular complexity index is 623. The Balaban J connectivity index is 1.81. The third kappa shape index (κ3) is 5.00. The molecule has 3 rings (SSSR count). The Kier molecular flexibility index (Phi) is 6.11. The first-order chi connectivity index (χ1) is 12.7. The maximum atomic E-state index is 6.57. The first-order valence-corrected chi connectivity index (χ1v) is 10.2. The van der Waals surface area contributed by atoms with Crippen molar-refractivity contribution in [2.75, 3.05) is 13.2 Å². The van der Waals surface area contributed by atoms with Gasteiger partial charge in [-0.2, -0.15) is 0 Å². The molecular formula is C23H36N2O2. The summed E-state index contributed by atoms with van der Waals surface area (Å²) in [5.41, 5.74) is 1.11. The number of rotatable bonds is 6. The fourth-order valence-corrected chi connectivity index (χ4v) is 4.60. The van der Waals surface area contributed by atoms with Crippen molar-refractivity contribution < 1.29 is 9.47 Å². The van der Waals surface area contributed by atoms with Crippen molar-refractivity contribution >= 4 is 0 Å². The van der Waals surface area contributed by atoms with E-state index in [2.05, 4.69) is 81.7 Å². The predicted molar refractivity (Wildman–Crippen MR) is 111 cm³/mol. The second-order valence-electron chi connectivity index (χ2n) is 9.40. The zero-order chi connectivity index (χ0) is 19.7. The first-order valence-electron chi connectivity index (χ1n) is 10.2. The molecule has 4 atom stereocenters. The zero-order valence-corrected chi connectivity index (χ0v) is 17.6. The van der Waals surface area contributed by atoms with E-state index >= 15 is 0 Å². The Hall–Kier alpha value is -1.20. The molecule has 0 aliphatic carbocycles. The lowest BCUT2D eigenvalue weighted by molar-refractivity contribution is -0.0670. The highest BCUT2D eigenvalue weighted by Gasteiger charge is 2.50. The van der Waals surface area contributed by atoms with Gasteiger partial charge < -0.3 is 9.47 Å². The minimum Gasteiger partial charge on any atom is -0.373 e. The Morgan fingerprint density at radius 2 is 2.00 bits per heavy atom. The lowest BCUT2D eigenvalue weighted by Crippen LogP contribution is -2.53. The highest BCUT2D eigenvalue weighted by molar-refractivity contribution is 5.18. The fraction of sp³-hybridized carbons (Fsp3) is 0.652. The zero-order valence-electron chi connectivity index (χ0n) is 17.6. The molecule has 0 bridgehead atoms. The molecule has 4 heteroatoms. The second kappa shape index (κ2) is 8.04. The molecule has 2 aliphatic rings. The lowest BCUT2D eigenvalue weighted by atomic mass is 9.93. The molecule has 0 radical (unpaired) electrons. The SMILES string of the molecule is C=CCO[C@@H]1C[C@H]([C@H]2OC(C)(C)N[C@H]2Cc2ccccc2)N(C(C)(C)C)C1. The van der Waals surface area contributed by atoms with Gasteiger partial charge in [0.05, 0.1) is 18.8 Å². The summed E-state index contributed by atoms with van der Waals surface area (Å²) in [4.78, 5) is 2.58. The number of hydrogen-bond donors (Lipinski definition) is 1. The quantitative estimate of drug-likeness (QED) is 0.771. The smallest absolute Gasteiger partial charge is 0.114 e. The van der Waals surface area contributed by atoms with Gasteiger partial charge >= 0.3 is 0 Å². The Morgan fingerprint density at radius 3 is 2.63 bits per heavy atom. The van der Waals surface area contributed by atoms with Gasteiger partial charge in [-0.1, -0.05) is 36.4 Å². The minimum absolute atomic E-state index is 0.0738. The molecule has 4 nitrogen and oxygen atoms in total. The van der Waals surface area contributed by atoms with E-state index < -0.39 is 0 Å². The summed E-state index contributed by atoms with van der Waals surface area (Å²) < 4.78 is 12.6. The van der Waals surface area contributed by atoms with E-state index in [-0.39, 0.29) is 29.5 Å². The van der Waals surface area contributed by atoms with Crippen LogP contribution in [0.2, 0.25) is 0 Å². The molecule has 0 unspecified atom stereocenters. The van der Waals surface area contributed by atoms with Gasteiger partial charge in [-0.25, -0.2) is 0 Å². The number of nitrogens with one attached hydrogen (secondary N) is 1. The Morgan fingerprint density at radius 1 is 1.30 bits per heavy atom. The number of ether oxygens (including phenoxy) is 2. The summed E-state index contributed by atoms with van der Waals surface area (Å²) in [6, 6.07) is 11.3. The molecule has 1 aromatic carbocycles. The fourth-order valence-electron chi connectivity index (χ4n) is 4.60. The third-order valence-corrected chi connectivity index (χ3v) is 5.65. The number of hydrogen-bond acceptors (Lipinski definition) is 4. The Labute approximate surface area is 164 Å². The van der Waals surface area contributed by atoms with Crippen molar-refractivity contribution in [3.63, 3.8) is 0 Å². The minimum atomic E-state index is -0.312. The van der Waals surface area contributed by atoms with Gasteiger partial charge in [0, 0.05) is 24.2 Å². The highest BCUT2D eigenvalue weighted by atomic mass is 16.5. The molecular weight excluding hydrogens is 336 g/mol. The summed E-state index contributed by atoms with van der Waals surface area (Å²) in [6.45, 7) is 16.5. The van der Waals surface area contributed by atoms with Gasteiger partial charge in [0.25, 0.3) is 0 Å². The van der Waals surface area contributed by atoms with E-state index in [0.717, 1.165) is 19.4 Å². The average molecular weight is 373 g/mol. The standard InChI is InChI=1S/C23H36N2O2/c1-7-13-26-18-15-20(25(16-18)22(2,3)4)21-19(24-23(5,6)27-21)14-17-11-9-8-10-12-17/h7-12,18-21,24H,1,13-16H2,2-6H3/t18-,19+,20-,21+/m1/s1. The molecule has 2 saturated heterocycles. The van der Waals surface area contributed by atoms with Crippen LogP contribution >= 0.6 is 0 Å². The van der Waals surface area contributed by atoms with Crippen LogP contribution < -0.4 is 5.32 Å². The topological polar surface area (TPSA) is 33.7 Å². The summed E-state index contributed by atoms with van der Waals surface area (Å²) in [5, 5.41) is 3.73. The normalized spacial score (nSPS) is 31.3. The van der Waals surface area contributed by atoms with Crippen molar-refractivity contribution in [3.05, 3.63) is 48.6 Å². The maximum Gasteiger partial charge on any atom is 0.114 e. The van der Waals surface area contributed by atoms with Crippen molar-refractivity contribution in [1.29, 1.82) is 0 Å². The van der Waals surface area contributed by atoms with Gasteiger partial charge in [0.15, 0.2) is 0 Å². The molecule has 1 aromatic rings. The van der Waals surface area contributed by atoms with Crippen molar-refractivity contribution in [2.45, 2.75) is 83.0 Å². The molecule has 0 amide bonds. The largest absolute Gasteiger partial charge is 0.373 e. The van der Waals surface area contributed by atoms with E-state index in [4.69, 9.17) is 9.47 Å². The van der Waals surface area contributed by atoms with Crippen LogP contribution in [-0.4, -0.2) is 53.6 Å². The summed E-state index contributed by atoms with van der Waals surface area (Å²) in [7, 11) is 0. The van der Waals surface area contributed by atoms with Crippen LogP contribution in [0.3, 0.4) is 0 Å². The predicted octanol–water partition coefficient (Wildman–Crippen LogP) is 3.77. The number of nitrogens with zero attached hydrogens (tertiary/aromatic N) is 1. The van der Waals surface area contributed by atoms with E-state index in [9.17, 15) is 0 Å². The van der Waals surface area contributed by atoms with E-state index in [1.54, 1.807) is 0 Å². The molecule has 0 spiro atoms. The van der Waals surface area contributed by atoms with Crippen LogP contribution in [0.5, 0.6) is 0 Å². The summed E-state index contributed by atoms with van der Waals surface area (Å²) in [5.74, 6) is 0.